The first-order valence-corrected chi connectivity index (χ1v) is 10.7. The van der Waals surface area contributed by atoms with Gasteiger partial charge in [-0.05, 0) is 45.0 Å². The molecule has 1 aromatic heterocycles. The second-order valence-corrected chi connectivity index (χ2v) is 8.57. The minimum absolute atomic E-state index is 0.237. The molecule has 2 saturated heterocycles. The first-order valence-electron chi connectivity index (χ1n) is 8.64. The Kier molecular flexibility index (Phi) is 6.30. The fraction of sp³-hybridized carbons (Fsp3) is 0.812. The predicted octanol–water partition coefficient (Wildman–Crippen LogP) is 2.87. The third kappa shape index (κ3) is 4.67. The average Bonchev–Trinajstić information content (AvgIpc) is 2.86. The summed E-state index contributed by atoms with van der Waals surface area (Å²) in [5, 5.41) is 9.50. The van der Waals surface area contributed by atoms with E-state index in [1.807, 2.05) is 6.26 Å². The zero-order valence-corrected chi connectivity index (χ0v) is 15.5. The van der Waals surface area contributed by atoms with E-state index < -0.39 is 0 Å². The van der Waals surface area contributed by atoms with Crippen LogP contribution in [0.4, 0.5) is 0 Å². The fourth-order valence-corrected chi connectivity index (χ4v) is 4.82. The Balaban J connectivity index is 1.46. The number of carbonyl (C=O) groups is 1. The van der Waals surface area contributed by atoms with E-state index in [0.29, 0.717) is 5.91 Å². The molecule has 0 aromatic carbocycles. The van der Waals surface area contributed by atoms with Crippen molar-refractivity contribution in [1.29, 1.82) is 0 Å². The number of hydrogen-bond acceptors (Lipinski definition) is 6. The van der Waals surface area contributed by atoms with Gasteiger partial charge in [0.2, 0.25) is 5.91 Å². The highest BCUT2D eigenvalue weighted by atomic mass is 32.2. The minimum atomic E-state index is 0.237. The Bertz CT molecular complexity index is 506. The lowest BCUT2D eigenvalue weighted by Crippen LogP contribution is -2.42. The van der Waals surface area contributed by atoms with E-state index in [4.69, 9.17) is 0 Å². The van der Waals surface area contributed by atoms with Gasteiger partial charge in [-0.25, -0.2) is 0 Å². The minimum Gasteiger partial charge on any atom is -0.342 e. The van der Waals surface area contributed by atoms with Gasteiger partial charge in [-0.15, -0.1) is 10.2 Å². The molecule has 7 heteroatoms. The van der Waals surface area contributed by atoms with Gasteiger partial charge < -0.3 is 4.90 Å². The van der Waals surface area contributed by atoms with E-state index in [9.17, 15) is 4.79 Å². The average molecular weight is 355 g/mol. The molecular formula is C16H26N4OS2. The highest BCUT2D eigenvalue weighted by Crippen LogP contribution is 2.25. The lowest BCUT2D eigenvalue weighted by molar-refractivity contribution is -0.137. The van der Waals surface area contributed by atoms with Crippen LogP contribution in [-0.4, -0.2) is 58.3 Å². The van der Waals surface area contributed by atoms with Gasteiger partial charge in [0, 0.05) is 19.0 Å². The van der Waals surface area contributed by atoms with Crippen LogP contribution in [-0.2, 0) is 11.3 Å². The van der Waals surface area contributed by atoms with Gasteiger partial charge in [0.25, 0.3) is 0 Å². The third-order valence-electron chi connectivity index (χ3n) is 4.84. The van der Waals surface area contributed by atoms with Crippen molar-refractivity contribution in [2.75, 3.05) is 32.4 Å². The first kappa shape index (κ1) is 17.2. The number of carbonyl (C=O) groups excluding carboxylic acids is 1. The molecule has 128 valence electrons. The Hall–Kier alpha value is -0.660. The van der Waals surface area contributed by atoms with Crippen LogP contribution in [0.15, 0.2) is 4.34 Å². The maximum Gasteiger partial charge on any atom is 0.225 e. The normalized spacial score (nSPS) is 21.3. The number of nitrogens with zero attached hydrogens (tertiary/aromatic N) is 4. The van der Waals surface area contributed by atoms with E-state index >= 15 is 0 Å². The standard InChI is InChI=1S/C16H26N4OS2/c1-22-16-18-17-14(23-16)12-19-10-6-13(7-11-19)15(21)20-8-4-2-3-5-9-20/h13H,2-12H2,1H3. The number of likely N-dealkylation sites (tertiary alicyclic amines) is 2. The van der Waals surface area contributed by atoms with E-state index in [-0.39, 0.29) is 5.92 Å². The molecule has 0 aliphatic carbocycles. The van der Waals surface area contributed by atoms with Crippen LogP contribution in [0.3, 0.4) is 0 Å². The lowest BCUT2D eigenvalue weighted by atomic mass is 9.95. The van der Waals surface area contributed by atoms with Crippen molar-refractivity contribution in [3.63, 3.8) is 0 Å². The largest absolute Gasteiger partial charge is 0.342 e. The number of rotatable bonds is 4. The second-order valence-electron chi connectivity index (χ2n) is 6.46. The Labute approximate surface area is 146 Å². The Morgan fingerprint density at radius 2 is 1.83 bits per heavy atom. The number of amides is 1. The van der Waals surface area contributed by atoms with Crippen LogP contribution < -0.4 is 0 Å². The molecule has 1 aromatic rings. The Morgan fingerprint density at radius 3 is 2.43 bits per heavy atom. The van der Waals surface area contributed by atoms with Gasteiger partial charge in [-0.3, -0.25) is 9.69 Å². The van der Waals surface area contributed by atoms with Gasteiger partial charge in [0.1, 0.15) is 5.01 Å². The van der Waals surface area contributed by atoms with E-state index in [2.05, 4.69) is 20.0 Å². The quantitative estimate of drug-likeness (QED) is 0.778. The molecule has 0 saturated carbocycles. The van der Waals surface area contributed by atoms with Gasteiger partial charge in [-0.2, -0.15) is 0 Å². The molecule has 1 amide bonds. The molecular weight excluding hydrogens is 328 g/mol. The maximum atomic E-state index is 12.7. The molecule has 2 fully saturated rings. The summed E-state index contributed by atoms with van der Waals surface area (Å²) in [5.74, 6) is 0.646. The molecule has 2 aliphatic heterocycles. The van der Waals surface area contributed by atoms with Crippen LogP contribution in [0, 0.1) is 5.92 Å². The van der Waals surface area contributed by atoms with Crippen molar-refractivity contribution in [3.05, 3.63) is 5.01 Å². The number of piperidine rings is 1. The molecule has 0 atom stereocenters. The summed E-state index contributed by atoms with van der Waals surface area (Å²) < 4.78 is 1.03. The van der Waals surface area contributed by atoms with Crippen LogP contribution >= 0.6 is 23.1 Å². The summed E-state index contributed by atoms with van der Waals surface area (Å²) in [7, 11) is 0. The van der Waals surface area contributed by atoms with Crippen molar-refractivity contribution in [2.45, 2.75) is 49.4 Å². The smallest absolute Gasteiger partial charge is 0.225 e. The van der Waals surface area contributed by atoms with E-state index in [1.54, 1.807) is 23.1 Å². The molecule has 0 N–H and O–H groups in total. The molecule has 0 unspecified atom stereocenters. The third-order valence-corrected chi connectivity index (χ3v) is 6.72. The van der Waals surface area contributed by atoms with Crippen molar-refractivity contribution in [2.24, 2.45) is 5.92 Å². The number of thioether (sulfide) groups is 1. The summed E-state index contributed by atoms with van der Waals surface area (Å²) in [6.45, 7) is 4.82. The second kappa shape index (κ2) is 8.44. The number of aromatic nitrogens is 2. The van der Waals surface area contributed by atoms with Crippen LogP contribution in [0.1, 0.15) is 43.5 Å². The summed E-state index contributed by atoms with van der Waals surface area (Å²) in [5.41, 5.74) is 0. The zero-order valence-electron chi connectivity index (χ0n) is 13.9. The van der Waals surface area contributed by atoms with Crippen LogP contribution in [0.25, 0.3) is 0 Å². The topological polar surface area (TPSA) is 49.3 Å². The van der Waals surface area contributed by atoms with Crippen molar-refractivity contribution >= 4 is 29.0 Å². The van der Waals surface area contributed by atoms with Crippen molar-refractivity contribution < 1.29 is 4.79 Å². The van der Waals surface area contributed by atoms with Crippen LogP contribution in [0.5, 0.6) is 0 Å². The maximum absolute atomic E-state index is 12.7. The molecule has 0 bridgehead atoms. The van der Waals surface area contributed by atoms with E-state index in [1.165, 1.54) is 25.7 Å². The van der Waals surface area contributed by atoms with Crippen LogP contribution in [0.2, 0.25) is 0 Å². The molecule has 0 spiro atoms. The summed E-state index contributed by atoms with van der Waals surface area (Å²) in [4.78, 5) is 17.2. The molecule has 0 radical (unpaired) electrons. The van der Waals surface area contributed by atoms with Gasteiger partial charge in [0.05, 0.1) is 6.54 Å². The Morgan fingerprint density at radius 1 is 1.13 bits per heavy atom. The first-order chi connectivity index (χ1) is 11.3. The summed E-state index contributed by atoms with van der Waals surface area (Å²) >= 11 is 3.33. The summed E-state index contributed by atoms with van der Waals surface area (Å²) in [6.07, 6.45) is 8.93. The van der Waals surface area contributed by atoms with Crippen molar-refractivity contribution in [3.8, 4) is 0 Å². The molecule has 2 aliphatic rings. The SMILES string of the molecule is CSc1nnc(CN2CCC(C(=O)N3CCCCCC3)CC2)s1. The fourth-order valence-electron chi connectivity index (χ4n) is 3.46. The summed E-state index contributed by atoms with van der Waals surface area (Å²) in [6, 6.07) is 0. The van der Waals surface area contributed by atoms with Crippen molar-refractivity contribution in [1.82, 2.24) is 20.0 Å². The van der Waals surface area contributed by atoms with Gasteiger partial charge in [0.15, 0.2) is 4.34 Å². The molecule has 3 heterocycles. The predicted molar refractivity (Wildman–Crippen MR) is 94.7 cm³/mol. The number of hydrogen-bond donors (Lipinski definition) is 0. The monoisotopic (exact) mass is 354 g/mol. The van der Waals surface area contributed by atoms with Gasteiger partial charge in [-0.1, -0.05) is 35.9 Å². The highest BCUT2D eigenvalue weighted by molar-refractivity contribution is 8.00. The van der Waals surface area contributed by atoms with E-state index in [0.717, 1.165) is 54.9 Å². The highest BCUT2D eigenvalue weighted by Gasteiger charge is 2.29. The molecule has 23 heavy (non-hydrogen) atoms. The lowest BCUT2D eigenvalue weighted by Gasteiger charge is -2.33. The van der Waals surface area contributed by atoms with Gasteiger partial charge >= 0.3 is 0 Å². The zero-order chi connectivity index (χ0) is 16.1. The molecule has 5 nitrogen and oxygen atoms in total. The molecule has 3 rings (SSSR count).